The molecule has 13 nitrogen and oxygen atoms in total. The molecule has 71 heavy (non-hydrogen) atoms. The Morgan fingerprint density at radius 1 is 0.831 bits per heavy atom. The van der Waals surface area contributed by atoms with E-state index in [1.165, 1.54) is 5.57 Å². The number of hydrogen-bond acceptors (Lipinski definition) is 11. The zero-order valence-electron chi connectivity index (χ0n) is 45.1. The van der Waals surface area contributed by atoms with Gasteiger partial charge in [0.1, 0.15) is 34.0 Å². The Bertz CT molecular complexity index is 2190. The van der Waals surface area contributed by atoms with E-state index in [1.54, 1.807) is 32.1 Å². The SMILES string of the molecule is CCCC(/C=C(\C)C(=O)c1c(O)c2c(c(CC=C(C)C)c1O)OC(C)(CCC=C(C)C)C=C2)C(=O)C(C/C=C(/C)C(=O)NCCCCCCCCCCCC(=O)ON1C(=O)CCC1=O)(OC(C)C)C(C)C. The summed E-state index contributed by atoms with van der Waals surface area (Å²) in [5.41, 5.74) is 1.34. The first-order valence-electron chi connectivity index (χ1n) is 26.2. The number of aromatic hydroxyl groups is 2. The summed E-state index contributed by atoms with van der Waals surface area (Å²) in [6.07, 6.45) is 22.6. The van der Waals surface area contributed by atoms with Crippen LogP contribution in [-0.4, -0.2) is 74.4 Å². The minimum absolute atomic E-state index is 0.0805. The van der Waals surface area contributed by atoms with Gasteiger partial charge in [-0.2, -0.15) is 0 Å². The standard InChI is InChI=1S/C58H86N2O11/c1-13-24-44(37-43(11)51(64)50-52(65)45(28-27-39(4)5)54-46(53(50)66)32-34-57(12,70-54)33-23-25-38(2)3)55(67)58(40(6)7,69-41(8)9)35-31-42(10)56(68)59-36-22-20-18-16-14-15-17-19-21-26-49(63)71-60-47(61)29-30-48(60)62/h25,27,31-32,34,37,40-41,44,65-66H,13-24,26,28-30,33,35-36H2,1-12H3,(H,59,68)/b42-31-,43-37+. The largest absolute Gasteiger partial charge is 0.507 e. The van der Waals surface area contributed by atoms with Crippen LogP contribution in [0.3, 0.4) is 0 Å². The normalized spacial score (nSPS) is 17.2. The van der Waals surface area contributed by atoms with Crippen LogP contribution in [0.15, 0.2) is 52.7 Å². The predicted molar refractivity (Wildman–Crippen MR) is 280 cm³/mol. The van der Waals surface area contributed by atoms with Crippen molar-refractivity contribution in [2.45, 2.75) is 216 Å². The van der Waals surface area contributed by atoms with E-state index < -0.39 is 40.7 Å². The number of Topliss-reactive ketones (excluding diaryl/α,β-unsaturated/α-hetero) is 2. The number of hydroxylamine groups is 2. The molecule has 2 aliphatic heterocycles. The number of ether oxygens (including phenoxy) is 2. The van der Waals surface area contributed by atoms with Crippen LogP contribution in [0.2, 0.25) is 0 Å². The first-order chi connectivity index (χ1) is 33.5. The third kappa shape index (κ3) is 17.8. The molecule has 2 heterocycles. The number of allylic oxidation sites excluding steroid dienone is 6. The fraction of sp³-hybridized carbons (Fsp3) is 0.621. The number of unbranched alkanes of at least 4 members (excludes halogenated alkanes) is 8. The van der Waals surface area contributed by atoms with E-state index >= 15 is 4.79 Å². The van der Waals surface area contributed by atoms with E-state index in [4.69, 9.17) is 14.3 Å². The number of phenols is 2. The van der Waals surface area contributed by atoms with Crippen molar-refractivity contribution in [1.29, 1.82) is 0 Å². The molecule has 3 unspecified atom stereocenters. The Hall–Kier alpha value is -5.30. The van der Waals surface area contributed by atoms with E-state index in [2.05, 4.69) is 11.4 Å². The van der Waals surface area contributed by atoms with E-state index in [0.29, 0.717) is 59.7 Å². The highest BCUT2D eigenvalue weighted by atomic mass is 16.7. The molecule has 0 aliphatic carbocycles. The lowest BCUT2D eigenvalue weighted by Crippen LogP contribution is -2.50. The summed E-state index contributed by atoms with van der Waals surface area (Å²) in [5, 5.41) is 27.2. The number of amides is 3. The second-order valence-electron chi connectivity index (χ2n) is 20.8. The van der Waals surface area contributed by atoms with E-state index in [9.17, 15) is 34.2 Å². The van der Waals surface area contributed by atoms with Gasteiger partial charge in [0.05, 0.1) is 11.7 Å². The van der Waals surface area contributed by atoms with Crippen molar-refractivity contribution in [3.63, 3.8) is 0 Å². The average Bonchev–Trinajstić information content (AvgIpc) is 3.61. The molecule has 3 amide bonds. The molecule has 3 N–H and O–H groups in total. The molecule has 0 spiro atoms. The summed E-state index contributed by atoms with van der Waals surface area (Å²) in [5.74, 6) is -3.96. The molecular weight excluding hydrogens is 901 g/mol. The van der Waals surface area contributed by atoms with Crippen LogP contribution >= 0.6 is 0 Å². The number of imide groups is 1. The van der Waals surface area contributed by atoms with Crippen molar-refractivity contribution in [3.8, 4) is 17.2 Å². The first-order valence-corrected chi connectivity index (χ1v) is 26.2. The molecule has 394 valence electrons. The van der Waals surface area contributed by atoms with E-state index in [-0.39, 0.29) is 78.5 Å². The summed E-state index contributed by atoms with van der Waals surface area (Å²) in [6.45, 7) is 23.4. The minimum atomic E-state index is -1.33. The highest BCUT2D eigenvalue weighted by Crippen LogP contribution is 2.49. The Morgan fingerprint density at radius 2 is 1.42 bits per heavy atom. The van der Waals surface area contributed by atoms with Crippen molar-refractivity contribution in [1.82, 2.24) is 10.4 Å². The van der Waals surface area contributed by atoms with Crippen LogP contribution in [0.1, 0.15) is 214 Å². The number of benzene rings is 1. The number of ketones is 2. The quantitative estimate of drug-likeness (QED) is 0.0211. The number of nitrogens with one attached hydrogen (secondary N) is 1. The molecule has 1 saturated heterocycles. The number of hydrogen-bond donors (Lipinski definition) is 3. The fourth-order valence-corrected chi connectivity index (χ4v) is 9.01. The second kappa shape index (κ2) is 28.7. The zero-order valence-corrected chi connectivity index (χ0v) is 45.1. The van der Waals surface area contributed by atoms with E-state index in [0.717, 1.165) is 63.4 Å². The molecule has 1 aromatic rings. The minimum Gasteiger partial charge on any atom is -0.507 e. The van der Waals surface area contributed by atoms with Crippen LogP contribution in [-0.2, 0) is 40.0 Å². The molecule has 1 aromatic carbocycles. The van der Waals surface area contributed by atoms with Crippen molar-refractivity contribution >= 4 is 41.3 Å². The van der Waals surface area contributed by atoms with Gasteiger partial charge in [-0.25, -0.2) is 4.79 Å². The van der Waals surface area contributed by atoms with Crippen LogP contribution in [0.25, 0.3) is 6.08 Å². The highest BCUT2D eigenvalue weighted by Gasteiger charge is 2.45. The topological polar surface area (TPSA) is 186 Å². The van der Waals surface area contributed by atoms with Gasteiger partial charge in [-0.3, -0.25) is 24.0 Å². The summed E-state index contributed by atoms with van der Waals surface area (Å²) in [4.78, 5) is 82.9. The van der Waals surface area contributed by atoms with E-state index in [1.807, 2.05) is 81.4 Å². The lowest BCUT2D eigenvalue weighted by Gasteiger charge is -2.39. The Morgan fingerprint density at radius 3 is 1.99 bits per heavy atom. The van der Waals surface area contributed by atoms with Gasteiger partial charge in [0, 0.05) is 49.3 Å². The predicted octanol–water partition coefficient (Wildman–Crippen LogP) is 12.4. The van der Waals surface area contributed by atoms with Crippen LogP contribution in [0, 0.1) is 11.8 Å². The maximum Gasteiger partial charge on any atom is 0.333 e. The molecular formula is C58H86N2O11. The van der Waals surface area contributed by atoms with Gasteiger partial charge >= 0.3 is 5.97 Å². The number of rotatable bonds is 31. The molecule has 0 radical (unpaired) electrons. The second-order valence-corrected chi connectivity index (χ2v) is 20.8. The molecule has 3 atom stereocenters. The number of carbonyl (C=O) groups excluding carboxylic acids is 6. The first kappa shape index (κ1) is 60.0. The van der Waals surface area contributed by atoms with Gasteiger partial charge in [-0.1, -0.05) is 108 Å². The molecule has 3 rings (SSSR count). The molecule has 1 fully saturated rings. The monoisotopic (exact) mass is 987 g/mol. The molecule has 0 bridgehead atoms. The molecule has 0 saturated carbocycles. The summed E-state index contributed by atoms with van der Waals surface area (Å²) >= 11 is 0. The molecule has 13 heteroatoms. The van der Waals surface area contributed by atoms with Crippen LogP contribution in [0.5, 0.6) is 17.2 Å². The van der Waals surface area contributed by atoms with Crippen molar-refractivity contribution < 1.29 is 53.3 Å². The lowest BCUT2D eigenvalue weighted by molar-refractivity contribution is -0.197. The Balaban J connectivity index is 1.68. The van der Waals surface area contributed by atoms with Crippen molar-refractivity contribution in [3.05, 3.63) is 69.4 Å². The van der Waals surface area contributed by atoms with Crippen molar-refractivity contribution in [2.75, 3.05) is 6.54 Å². The third-order valence-electron chi connectivity index (χ3n) is 13.3. The maximum absolute atomic E-state index is 15.0. The summed E-state index contributed by atoms with van der Waals surface area (Å²) < 4.78 is 13.1. The van der Waals surface area contributed by atoms with Gasteiger partial charge in [-0.15, -0.1) is 5.06 Å². The third-order valence-corrected chi connectivity index (χ3v) is 13.3. The maximum atomic E-state index is 15.0. The number of fused-ring (bicyclic) bond motifs is 1. The van der Waals surface area contributed by atoms with Gasteiger partial charge in [0.2, 0.25) is 5.91 Å². The summed E-state index contributed by atoms with van der Waals surface area (Å²) in [6, 6.07) is 0. The van der Waals surface area contributed by atoms with Gasteiger partial charge in [0.25, 0.3) is 11.8 Å². The average molecular weight is 987 g/mol. The molecule has 2 aliphatic rings. The summed E-state index contributed by atoms with van der Waals surface area (Å²) in [7, 11) is 0. The van der Waals surface area contributed by atoms with Crippen molar-refractivity contribution in [2.24, 2.45) is 11.8 Å². The zero-order chi connectivity index (χ0) is 53.1. The molecule has 0 aromatic heterocycles. The van der Waals surface area contributed by atoms with Gasteiger partial charge in [-0.05, 0) is 124 Å². The number of carbonyl (C=O) groups is 6. The Labute approximate surface area is 424 Å². The fourth-order valence-electron chi connectivity index (χ4n) is 9.01. The van der Waals surface area contributed by atoms with Gasteiger partial charge < -0.3 is 29.8 Å². The lowest BCUT2D eigenvalue weighted by atomic mass is 9.75. The highest BCUT2D eigenvalue weighted by molar-refractivity contribution is 6.13. The number of phenolic OH excluding ortho intramolecular Hbond substituents is 2. The number of nitrogens with zero attached hydrogens (tertiary/aromatic N) is 1. The van der Waals surface area contributed by atoms with Crippen LogP contribution < -0.4 is 10.1 Å². The Kier molecular flexibility index (Phi) is 24.2. The van der Waals surface area contributed by atoms with Crippen LogP contribution in [0.4, 0.5) is 0 Å². The smallest absolute Gasteiger partial charge is 0.333 e. The van der Waals surface area contributed by atoms with Gasteiger partial charge in [0.15, 0.2) is 11.6 Å².